The fraction of sp³-hybridized carbons (Fsp3) is 0.478. The summed E-state index contributed by atoms with van der Waals surface area (Å²) >= 11 is 0. The molecule has 144 valence electrons. The lowest BCUT2D eigenvalue weighted by Gasteiger charge is -2.27. The summed E-state index contributed by atoms with van der Waals surface area (Å²) in [6.07, 6.45) is 1.88. The van der Waals surface area contributed by atoms with Crippen LogP contribution in [0.15, 0.2) is 48.5 Å². The highest BCUT2D eigenvalue weighted by molar-refractivity contribution is 5.27. The lowest BCUT2D eigenvalue weighted by molar-refractivity contribution is 0.0328. The second-order valence-corrected chi connectivity index (χ2v) is 8.64. The summed E-state index contributed by atoms with van der Waals surface area (Å²) in [5.41, 5.74) is 2.70. The molecule has 4 atom stereocenters. The van der Waals surface area contributed by atoms with E-state index in [-0.39, 0.29) is 5.75 Å². The predicted molar refractivity (Wildman–Crippen MR) is 106 cm³/mol. The monoisotopic (exact) mass is 367 g/mol. The molecule has 27 heavy (non-hydrogen) atoms. The fourth-order valence-electron chi connectivity index (χ4n) is 4.98. The van der Waals surface area contributed by atoms with E-state index in [1.54, 1.807) is 24.3 Å². The van der Waals surface area contributed by atoms with Crippen molar-refractivity contribution in [2.75, 3.05) is 19.6 Å². The van der Waals surface area contributed by atoms with Gasteiger partial charge in [-0.15, -0.1) is 0 Å². The maximum absolute atomic E-state index is 11.1. The number of hydrogen-bond acceptors (Lipinski definition) is 4. The van der Waals surface area contributed by atoms with Crippen LogP contribution in [0.3, 0.4) is 0 Å². The Morgan fingerprint density at radius 2 is 1.59 bits per heavy atom. The van der Waals surface area contributed by atoms with Crippen molar-refractivity contribution in [3.8, 4) is 5.75 Å². The molecule has 3 N–H and O–H groups in total. The Morgan fingerprint density at radius 3 is 2.19 bits per heavy atom. The van der Waals surface area contributed by atoms with Crippen LogP contribution in [0.5, 0.6) is 5.75 Å². The third-order valence-corrected chi connectivity index (χ3v) is 6.30. The molecule has 1 saturated carbocycles. The Morgan fingerprint density at radius 1 is 1.00 bits per heavy atom. The van der Waals surface area contributed by atoms with Crippen molar-refractivity contribution in [3.63, 3.8) is 0 Å². The van der Waals surface area contributed by atoms with Gasteiger partial charge in [-0.3, -0.25) is 4.90 Å². The summed E-state index contributed by atoms with van der Waals surface area (Å²) in [6.45, 7) is 4.57. The van der Waals surface area contributed by atoms with Crippen LogP contribution >= 0.6 is 0 Å². The van der Waals surface area contributed by atoms with E-state index in [9.17, 15) is 15.3 Å². The molecule has 0 aromatic heterocycles. The number of benzene rings is 2. The second kappa shape index (κ2) is 7.27. The van der Waals surface area contributed by atoms with Crippen LogP contribution in [0.1, 0.15) is 35.6 Å². The molecule has 4 nitrogen and oxygen atoms in total. The Bertz CT molecular complexity index is 757. The molecule has 0 bridgehead atoms. The van der Waals surface area contributed by atoms with E-state index in [2.05, 4.69) is 36.1 Å². The number of aromatic hydroxyl groups is 1. The molecule has 0 amide bonds. The van der Waals surface area contributed by atoms with Crippen molar-refractivity contribution in [1.29, 1.82) is 0 Å². The lowest BCUT2D eigenvalue weighted by Crippen LogP contribution is -2.33. The molecular weight excluding hydrogens is 338 g/mol. The molecule has 2 aromatic carbocycles. The molecule has 2 aliphatic rings. The number of likely N-dealkylation sites (tertiary alicyclic amines) is 1. The van der Waals surface area contributed by atoms with Crippen molar-refractivity contribution in [1.82, 2.24) is 4.90 Å². The minimum Gasteiger partial charge on any atom is -0.508 e. The minimum atomic E-state index is -0.591. The van der Waals surface area contributed by atoms with E-state index in [1.807, 2.05) is 0 Å². The Balaban J connectivity index is 1.32. The van der Waals surface area contributed by atoms with Crippen LogP contribution in [0.2, 0.25) is 0 Å². The maximum Gasteiger partial charge on any atom is 0.115 e. The SMILES string of the molecule is Cc1ccc(CC2(O)C[C@H]3CN(CC(O)c4ccc(O)cc4)C[C@H]3C2)cc1. The van der Waals surface area contributed by atoms with Crippen LogP contribution in [0.25, 0.3) is 0 Å². The number of phenolic OH excluding ortho intramolecular Hbond substituents is 1. The number of nitrogens with zero attached hydrogens (tertiary/aromatic N) is 1. The number of phenols is 1. The van der Waals surface area contributed by atoms with Crippen LogP contribution in [0, 0.1) is 18.8 Å². The van der Waals surface area contributed by atoms with Crippen LogP contribution in [-0.2, 0) is 6.42 Å². The number of aliphatic hydroxyl groups is 2. The van der Waals surface area contributed by atoms with Gasteiger partial charge in [-0.05, 0) is 54.9 Å². The third-order valence-electron chi connectivity index (χ3n) is 6.30. The second-order valence-electron chi connectivity index (χ2n) is 8.64. The quantitative estimate of drug-likeness (QED) is 0.760. The normalized spacial score (nSPS) is 29.0. The number of fused-ring (bicyclic) bond motifs is 1. The topological polar surface area (TPSA) is 63.9 Å². The van der Waals surface area contributed by atoms with Crippen molar-refractivity contribution in [2.45, 2.75) is 37.9 Å². The first-order chi connectivity index (χ1) is 12.9. The highest BCUT2D eigenvalue weighted by Gasteiger charge is 2.48. The molecule has 1 heterocycles. The zero-order valence-corrected chi connectivity index (χ0v) is 15.9. The van der Waals surface area contributed by atoms with Gasteiger partial charge in [0.2, 0.25) is 0 Å². The molecule has 0 radical (unpaired) electrons. The van der Waals surface area contributed by atoms with E-state index < -0.39 is 11.7 Å². The fourth-order valence-corrected chi connectivity index (χ4v) is 4.98. The average molecular weight is 367 g/mol. The molecule has 4 rings (SSSR count). The van der Waals surface area contributed by atoms with E-state index in [4.69, 9.17) is 0 Å². The van der Waals surface area contributed by atoms with Crippen molar-refractivity contribution in [2.24, 2.45) is 11.8 Å². The van der Waals surface area contributed by atoms with Gasteiger partial charge in [0.15, 0.2) is 0 Å². The molecule has 1 aliphatic heterocycles. The van der Waals surface area contributed by atoms with E-state index >= 15 is 0 Å². The van der Waals surface area contributed by atoms with E-state index in [0.29, 0.717) is 18.4 Å². The maximum atomic E-state index is 11.1. The molecule has 2 fully saturated rings. The Labute approximate surface area is 161 Å². The van der Waals surface area contributed by atoms with Gasteiger partial charge in [-0.2, -0.15) is 0 Å². The van der Waals surface area contributed by atoms with Crippen LogP contribution in [0.4, 0.5) is 0 Å². The largest absolute Gasteiger partial charge is 0.508 e. The Hall–Kier alpha value is -1.88. The summed E-state index contributed by atoms with van der Waals surface area (Å²) in [7, 11) is 0. The molecule has 2 aromatic rings. The third kappa shape index (κ3) is 4.18. The first kappa shape index (κ1) is 18.5. The summed E-state index contributed by atoms with van der Waals surface area (Å²) in [5, 5.41) is 31.0. The zero-order valence-electron chi connectivity index (χ0n) is 15.9. The zero-order chi connectivity index (χ0) is 19.0. The van der Waals surface area contributed by atoms with Crippen molar-refractivity contribution in [3.05, 3.63) is 65.2 Å². The molecule has 1 saturated heterocycles. The van der Waals surface area contributed by atoms with Gasteiger partial charge in [0.25, 0.3) is 0 Å². The molecular formula is C23H29NO3. The smallest absolute Gasteiger partial charge is 0.115 e. The summed E-state index contributed by atoms with van der Waals surface area (Å²) < 4.78 is 0. The van der Waals surface area contributed by atoms with Gasteiger partial charge in [0, 0.05) is 26.1 Å². The molecule has 0 spiro atoms. The van der Waals surface area contributed by atoms with Gasteiger partial charge in [-0.25, -0.2) is 0 Å². The van der Waals surface area contributed by atoms with Gasteiger partial charge < -0.3 is 15.3 Å². The van der Waals surface area contributed by atoms with E-state index in [0.717, 1.165) is 37.9 Å². The summed E-state index contributed by atoms with van der Waals surface area (Å²) in [4.78, 5) is 2.32. The first-order valence-electron chi connectivity index (χ1n) is 9.87. The van der Waals surface area contributed by atoms with Crippen molar-refractivity contribution >= 4 is 0 Å². The predicted octanol–water partition coefficient (Wildman–Crippen LogP) is 3.05. The standard InChI is InChI=1S/C23H29NO3/c1-16-2-4-17(5-3-16)10-23(27)11-19-13-24(14-20(19)12-23)15-22(26)18-6-8-21(25)9-7-18/h2-9,19-20,22,25-27H,10-15H2,1H3/t19-,20+,22?,23?. The van der Waals surface area contributed by atoms with Crippen molar-refractivity contribution < 1.29 is 15.3 Å². The van der Waals surface area contributed by atoms with Gasteiger partial charge in [0.05, 0.1) is 11.7 Å². The van der Waals surface area contributed by atoms with Gasteiger partial charge >= 0.3 is 0 Å². The van der Waals surface area contributed by atoms with Gasteiger partial charge in [-0.1, -0.05) is 42.0 Å². The molecule has 4 heteroatoms. The Kier molecular flexibility index (Phi) is 4.97. The van der Waals surface area contributed by atoms with E-state index in [1.165, 1.54) is 11.1 Å². The highest BCUT2D eigenvalue weighted by atomic mass is 16.3. The highest BCUT2D eigenvalue weighted by Crippen LogP contribution is 2.45. The number of hydrogen-bond donors (Lipinski definition) is 3. The number of aryl methyl sites for hydroxylation is 1. The number of rotatable bonds is 5. The first-order valence-corrected chi connectivity index (χ1v) is 9.87. The van der Waals surface area contributed by atoms with Crippen LogP contribution < -0.4 is 0 Å². The lowest BCUT2D eigenvalue weighted by atomic mass is 9.91. The minimum absolute atomic E-state index is 0.217. The van der Waals surface area contributed by atoms with Gasteiger partial charge in [0.1, 0.15) is 5.75 Å². The summed E-state index contributed by atoms with van der Waals surface area (Å²) in [5.74, 6) is 1.23. The average Bonchev–Trinajstić information content (AvgIpc) is 3.11. The number of aliphatic hydroxyl groups excluding tert-OH is 1. The number of β-amino-alcohol motifs (C(OH)–C–C–N with tert-alkyl or cyclic N) is 1. The van der Waals surface area contributed by atoms with Crippen LogP contribution in [-0.4, -0.2) is 45.5 Å². The summed E-state index contributed by atoms with van der Waals surface area (Å²) in [6, 6.07) is 15.3. The molecule has 1 aliphatic carbocycles. The molecule has 2 unspecified atom stereocenters.